The number of nitrogens with zero attached hydrogens (tertiary/aromatic N) is 1. The fraction of sp³-hybridized carbons (Fsp3) is 0.667. The maximum Gasteiger partial charge on any atom is 0.137 e. The van der Waals surface area contributed by atoms with Crippen molar-refractivity contribution in [3.8, 4) is 11.8 Å². The number of nitriles is 1. The average molecular weight is 313 g/mol. The van der Waals surface area contributed by atoms with Crippen molar-refractivity contribution < 1.29 is 4.74 Å². The van der Waals surface area contributed by atoms with Crippen molar-refractivity contribution in [1.82, 2.24) is 0 Å². The van der Waals surface area contributed by atoms with Crippen LogP contribution in [0.1, 0.15) is 88.7 Å². The van der Waals surface area contributed by atoms with Crippen LogP contribution in [0.3, 0.4) is 0 Å². The summed E-state index contributed by atoms with van der Waals surface area (Å²) in [6, 6.07) is 8.57. The lowest BCUT2D eigenvalue weighted by molar-refractivity contribution is 0.302. The van der Waals surface area contributed by atoms with Crippen LogP contribution in [0, 0.1) is 17.2 Å². The lowest BCUT2D eigenvalue weighted by atomic mass is 9.77. The van der Waals surface area contributed by atoms with E-state index in [2.05, 4.69) is 32.0 Å². The van der Waals surface area contributed by atoms with Gasteiger partial charge in [-0.15, -0.1) is 0 Å². The fourth-order valence-electron chi connectivity index (χ4n) is 3.62. The highest BCUT2D eigenvalue weighted by molar-refractivity contribution is 5.46. The lowest BCUT2D eigenvalue weighted by Crippen LogP contribution is -2.13. The number of ether oxygens (including phenoxy) is 1. The number of hydrogen-bond acceptors (Lipinski definition) is 2. The van der Waals surface area contributed by atoms with Gasteiger partial charge in [0.15, 0.2) is 0 Å². The van der Waals surface area contributed by atoms with Gasteiger partial charge >= 0.3 is 0 Å². The van der Waals surface area contributed by atoms with Crippen molar-refractivity contribution in [2.75, 3.05) is 6.61 Å². The zero-order valence-electron chi connectivity index (χ0n) is 14.8. The molecule has 1 aliphatic carbocycles. The summed E-state index contributed by atoms with van der Waals surface area (Å²) in [5.74, 6) is 2.31. The molecule has 1 aromatic carbocycles. The molecule has 0 spiro atoms. The van der Waals surface area contributed by atoms with Gasteiger partial charge in [-0.05, 0) is 61.6 Å². The van der Waals surface area contributed by atoms with Crippen molar-refractivity contribution in [1.29, 1.82) is 5.26 Å². The van der Waals surface area contributed by atoms with Gasteiger partial charge in [0.25, 0.3) is 0 Å². The molecule has 0 unspecified atom stereocenters. The molecule has 0 aliphatic heterocycles. The minimum Gasteiger partial charge on any atom is -0.492 e. The molecule has 1 aliphatic rings. The largest absolute Gasteiger partial charge is 0.492 e. The summed E-state index contributed by atoms with van der Waals surface area (Å²) in [5, 5.41) is 9.41. The Morgan fingerprint density at radius 2 is 1.83 bits per heavy atom. The van der Waals surface area contributed by atoms with E-state index in [0.717, 1.165) is 24.5 Å². The van der Waals surface area contributed by atoms with Gasteiger partial charge in [-0.25, -0.2) is 0 Å². The normalized spacial score (nSPS) is 20.9. The van der Waals surface area contributed by atoms with E-state index in [1.807, 2.05) is 6.07 Å². The van der Waals surface area contributed by atoms with E-state index >= 15 is 0 Å². The van der Waals surface area contributed by atoms with Crippen LogP contribution in [0.4, 0.5) is 0 Å². The molecule has 2 rings (SSSR count). The summed E-state index contributed by atoms with van der Waals surface area (Å²) in [5.41, 5.74) is 2.03. The first-order chi connectivity index (χ1) is 11.3. The standard InChI is InChI=1S/C21H31NO/c1-3-5-7-17-8-10-18(11-9-17)19-12-13-21(20(15-19)16-22)23-14-6-4-2/h12-13,15,17-18H,3-11,14H2,1-2H3. The summed E-state index contributed by atoms with van der Waals surface area (Å²) < 4.78 is 5.75. The van der Waals surface area contributed by atoms with Crippen LogP contribution in [-0.2, 0) is 0 Å². The summed E-state index contributed by atoms with van der Waals surface area (Å²) in [7, 11) is 0. The first kappa shape index (κ1) is 17.9. The second kappa shape index (κ2) is 9.60. The molecule has 0 saturated heterocycles. The molecule has 0 heterocycles. The van der Waals surface area contributed by atoms with Crippen molar-refractivity contribution in [2.24, 2.45) is 5.92 Å². The maximum absolute atomic E-state index is 9.41. The third-order valence-corrected chi connectivity index (χ3v) is 5.16. The molecular formula is C21H31NO. The molecule has 0 radical (unpaired) electrons. The predicted octanol–water partition coefficient (Wildman–Crippen LogP) is 6.20. The van der Waals surface area contributed by atoms with Gasteiger partial charge in [-0.2, -0.15) is 5.26 Å². The second-order valence-corrected chi connectivity index (χ2v) is 6.93. The third kappa shape index (κ3) is 5.27. The van der Waals surface area contributed by atoms with E-state index in [1.54, 1.807) is 0 Å². The highest BCUT2D eigenvalue weighted by Crippen LogP contribution is 2.38. The van der Waals surface area contributed by atoms with Gasteiger partial charge in [-0.3, -0.25) is 0 Å². The molecule has 2 heteroatoms. The zero-order valence-corrected chi connectivity index (χ0v) is 14.8. The van der Waals surface area contributed by atoms with Crippen LogP contribution in [0.5, 0.6) is 5.75 Å². The Morgan fingerprint density at radius 3 is 2.48 bits per heavy atom. The highest BCUT2D eigenvalue weighted by atomic mass is 16.5. The minimum absolute atomic E-state index is 0.629. The number of benzene rings is 1. The quantitative estimate of drug-likeness (QED) is 0.535. The van der Waals surface area contributed by atoms with Crippen molar-refractivity contribution in [2.45, 2.75) is 77.6 Å². The van der Waals surface area contributed by atoms with E-state index < -0.39 is 0 Å². The van der Waals surface area contributed by atoms with E-state index in [9.17, 15) is 5.26 Å². The molecule has 2 nitrogen and oxygen atoms in total. The fourth-order valence-corrected chi connectivity index (χ4v) is 3.62. The molecule has 0 amide bonds. The summed E-state index contributed by atoms with van der Waals surface area (Å²) in [6.07, 6.45) is 11.5. The van der Waals surface area contributed by atoms with Crippen molar-refractivity contribution in [3.05, 3.63) is 29.3 Å². The third-order valence-electron chi connectivity index (χ3n) is 5.16. The Labute approximate surface area is 141 Å². The second-order valence-electron chi connectivity index (χ2n) is 6.93. The Bertz CT molecular complexity index is 509. The minimum atomic E-state index is 0.629. The van der Waals surface area contributed by atoms with Gasteiger partial charge in [-0.1, -0.05) is 45.6 Å². The average Bonchev–Trinajstić information content (AvgIpc) is 2.61. The predicted molar refractivity (Wildman–Crippen MR) is 95.8 cm³/mol. The van der Waals surface area contributed by atoms with E-state index in [-0.39, 0.29) is 0 Å². The number of rotatable bonds is 8. The topological polar surface area (TPSA) is 33.0 Å². The molecule has 0 atom stereocenters. The Morgan fingerprint density at radius 1 is 1.09 bits per heavy atom. The molecular weight excluding hydrogens is 282 g/mol. The molecule has 0 aromatic heterocycles. The van der Waals surface area contributed by atoms with Gasteiger partial charge in [0.2, 0.25) is 0 Å². The van der Waals surface area contributed by atoms with Crippen LogP contribution < -0.4 is 4.74 Å². The summed E-state index contributed by atoms with van der Waals surface area (Å²) in [6.45, 7) is 5.13. The first-order valence-electron chi connectivity index (χ1n) is 9.45. The molecule has 23 heavy (non-hydrogen) atoms. The maximum atomic E-state index is 9.41. The van der Waals surface area contributed by atoms with E-state index in [4.69, 9.17) is 4.74 Å². The van der Waals surface area contributed by atoms with Gasteiger partial charge in [0.05, 0.1) is 12.2 Å². The Kier molecular flexibility index (Phi) is 7.46. The van der Waals surface area contributed by atoms with Gasteiger partial charge < -0.3 is 4.74 Å². The Hall–Kier alpha value is -1.49. The van der Waals surface area contributed by atoms with Crippen molar-refractivity contribution in [3.63, 3.8) is 0 Å². The van der Waals surface area contributed by atoms with Crippen LogP contribution in [0.25, 0.3) is 0 Å². The summed E-state index contributed by atoms with van der Waals surface area (Å²) in [4.78, 5) is 0. The van der Waals surface area contributed by atoms with E-state index in [1.165, 1.54) is 50.5 Å². The molecule has 1 saturated carbocycles. The lowest BCUT2D eigenvalue weighted by Gasteiger charge is -2.29. The highest BCUT2D eigenvalue weighted by Gasteiger charge is 2.22. The van der Waals surface area contributed by atoms with Crippen molar-refractivity contribution >= 4 is 0 Å². The van der Waals surface area contributed by atoms with Gasteiger partial charge in [0.1, 0.15) is 11.8 Å². The number of hydrogen-bond donors (Lipinski definition) is 0. The number of unbranched alkanes of at least 4 members (excludes halogenated alkanes) is 2. The van der Waals surface area contributed by atoms with Crippen LogP contribution >= 0.6 is 0 Å². The monoisotopic (exact) mass is 313 g/mol. The molecule has 1 aromatic rings. The Balaban J connectivity index is 1.94. The van der Waals surface area contributed by atoms with Crippen LogP contribution in [0.2, 0.25) is 0 Å². The SMILES string of the molecule is CCCCOc1ccc(C2CCC(CCCC)CC2)cc1C#N. The first-order valence-corrected chi connectivity index (χ1v) is 9.45. The van der Waals surface area contributed by atoms with Gasteiger partial charge in [0, 0.05) is 0 Å². The smallest absolute Gasteiger partial charge is 0.137 e. The van der Waals surface area contributed by atoms with Crippen LogP contribution in [-0.4, -0.2) is 6.61 Å². The zero-order chi connectivity index (χ0) is 16.5. The molecule has 0 bridgehead atoms. The molecule has 1 fully saturated rings. The summed E-state index contributed by atoms with van der Waals surface area (Å²) >= 11 is 0. The van der Waals surface area contributed by atoms with E-state index in [0.29, 0.717) is 18.1 Å². The molecule has 126 valence electrons. The van der Waals surface area contributed by atoms with Crippen LogP contribution in [0.15, 0.2) is 18.2 Å². The molecule has 0 N–H and O–H groups in total.